The van der Waals surface area contributed by atoms with Crippen LogP contribution in [-0.2, 0) is 11.3 Å². The van der Waals surface area contributed by atoms with E-state index in [0.29, 0.717) is 31.7 Å². The minimum absolute atomic E-state index is 0.201. The number of hydrogen-bond donors (Lipinski definition) is 1. The van der Waals surface area contributed by atoms with Gasteiger partial charge in [0, 0.05) is 10.0 Å². The van der Waals surface area contributed by atoms with Crippen LogP contribution in [0.4, 0.5) is 5.69 Å². The molecule has 1 aromatic heterocycles. The number of benzene rings is 2. The molecule has 0 radical (unpaired) electrons. The van der Waals surface area contributed by atoms with E-state index >= 15 is 0 Å². The molecule has 8 heteroatoms. The lowest BCUT2D eigenvalue weighted by atomic mass is 10.2. The number of hydrogen-bond acceptors (Lipinski definition) is 3. The van der Waals surface area contributed by atoms with Gasteiger partial charge >= 0.3 is 0 Å². The van der Waals surface area contributed by atoms with Gasteiger partial charge in [-0.3, -0.25) is 14.2 Å². The molecule has 1 amide bonds. The molecule has 3 aromatic rings. The van der Waals surface area contributed by atoms with Gasteiger partial charge in [-0.05, 0) is 36.4 Å². The number of anilines is 1. The molecule has 24 heavy (non-hydrogen) atoms. The van der Waals surface area contributed by atoms with E-state index in [-0.39, 0.29) is 12.1 Å². The molecule has 0 atom stereocenters. The van der Waals surface area contributed by atoms with Crippen molar-refractivity contribution in [3.63, 3.8) is 0 Å². The molecule has 5 nitrogen and oxygen atoms in total. The number of carbonyl (C=O) groups excluding carboxylic acids is 1. The summed E-state index contributed by atoms with van der Waals surface area (Å²) in [6.07, 6.45) is 1.32. The first-order valence-corrected chi connectivity index (χ1v) is 7.97. The zero-order valence-electron chi connectivity index (χ0n) is 12.1. The van der Waals surface area contributed by atoms with Gasteiger partial charge in [-0.1, -0.05) is 34.8 Å². The van der Waals surface area contributed by atoms with Crippen molar-refractivity contribution in [2.75, 3.05) is 5.32 Å². The van der Waals surface area contributed by atoms with Crippen LogP contribution in [0.15, 0.2) is 47.5 Å². The van der Waals surface area contributed by atoms with E-state index in [2.05, 4.69) is 10.3 Å². The molecule has 0 unspecified atom stereocenters. The van der Waals surface area contributed by atoms with Gasteiger partial charge in [0.05, 0.1) is 27.9 Å². The number of aromatic nitrogens is 2. The molecule has 3 rings (SSSR count). The summed E-state index contributed by atoms with van der Waals surface area (Å²) in [5.74, 6) is -0.412. The van der Waals surface area contributed by atoms with E-state index in [4.69, 9.17) is 34.8 Å². The van der Waals surface area contributed by atoms with E-state index < -0.39 is 5.91 Å². The Balaban J connectivity index is 1.85. The van der Waals surface area contributed by atoms with E-state index in [0.717, 1.165) is 0 Å². The second-order valence-electron chi connectivity index (χ2n) is 5.01. The second kappa shape index (κ2) is 6.81. The van der Waals surface area contributed by atoms with Crippen molar-refractivity contribution in [1.29, 1.82) is 0 Å². The van der Waals surface area contributed by atoms with Gasteiger partial charge in [0.25, 0.3) is 5.56 Å². The van der Waals surface area contributed by atoms with Crippen LogP contribution >= 0.6 is 34.8 Å². The summed E-state index contributed by atoms with van der Waals surface area (Å²) in [6, 6.07) is 9.53. The summed E-state index contributed by atoms with van der Waals surface area (Å²) in [5.41, 5.74) is 0.581. The number of amides is 1. The van der Waals surface area contributed by atoms with Gasteiger partial charge in [0.15, 0.2) is 0 Å². The molecule has 1 N–H and O–H groups in total. The van der Waals surface area contributed by atoms with Crippen LogP contribution < -0.4 is 10.9 Å². The summed E-state index contributed by atoms with van der Waals surface area (Å²) < 4.78 is 1.21. The van der Waals surface area contributed by atoms with Crippen molar-refractivity contribution in [2.24, 2.45) is 0 Å². The minimum Gasteiger partial charge on any atom is -0.323 e. The molecule has 0 aliphatic rings. The highest BCUT2D eigenvalue weighted by molar-refractivity contribution is 6.36. The summed E-state index contributed by atoms with van der Waals surface area (Å²) >= 11 is 17.7. The summed E-state index contributed by atoms with van der Waals surface area (Å²) in [5, 5.41) is 4.18. The first-order chi connectivity index (χ1) is 11.4. The fourth-order valence-electron chi connectivity index (χ4n) is 2.18. The maximum atomic E-state index is 12.4. The van der Waals surface area contributed by atoms with Crippen molar-refractivity contribution in [2.45, 2.75) is 6.54 Å². The fourth-order valence-corrected chi connectivity index (χ4v) is 2.81. The lowest BCUT2D eigenvalue weighted by Crippen LogP contribution is -2.28. The van der Waals surface area contributed by atoms with E-state index in [9.17, 15) is 9.59 Å². The molecular formula is C16H10Cl3N3O2. The Kier molecular flexibility index (Phi) is 4.76. The van der Waals surface area contributed by atoms with Crippen LogP contribution in [0, 0.1) is 0 Å². The first-order valence-electron chi connectivity index (χ1n) is 6.83. The highest BCUT2D eigenvalue weighted by Gasteiger charge is 2.10. The van der Waals surface area contributed by atoms with Crippen molar-refractivity contribution in [3.8, 4) is 0 Å². The predicted octanol–water partition coefficient (Wildman–Crippen LogP) is 4.00. The predicted molar refractivity (Wildman–Crippen MR) is 96.1 cm³/mol. The molecule has 0 aliphatic carbocycles. The monoisotopic (exact) mass is 381 g/mol. The van der Waals surface area contributed by atoms with Gasteiger partial charge in [0.2, 0.25) is 5.91 Å². The number of halogens is 3. The van der Waals surface area contributed by atoms with Crippen molar-refractivity contribution in [3.05, 3.63) is 68.1 Å². The Morgan fingerprint density at radius 1 is 1.08 bits per heavy atom. The van der Waals surface area contributed by atoms with Gasteiger partial charge in [-0.25, -0.2) is 4.98 Å². The topological polar surface area (TPSA) is 64.0 Å². The fraction of sp³-hybridized carbons (Fsp3) is 0.0625. The Bertz CT molecular complexity index is 1000. The Hall–Kier alpha value is -2.08. The third-order valence-corrected chi connectivity index (χ3v) is 4.09. The van der Waals surface area contributed by atoms with Gasteiger partial charge in [0.1, 0.15) is 6.54 Å². The number of rotatable bonds is 3. The van der Waals surface area contributed by atoms with Crippen LogP contribution in [0.5, 0.6) is 0 Å². The highest BCUT2D eigenvalue weighted by atomic mass is 35.5. The molecule has 0 fully saturated rings. The van der Waals surface area contributed by atoms with E-state index in [1.807, 2.05) is 0 Å². The molecule has 0 spiro atoms. The average Bonchev–Trinajstić information content (AvgIpc) is 2.53. The Labute approximate surface area is 151 Å². The number of fused-ring (bicyclic) bond motifs is 1. The highest BCUT2D eigenvalue weighted by Crippen LogP contribution is 2.25. The largest absolute Gasteiger partial charge is 0.323 e. The quantitative estimate of drug-likeness (QED) is 0.745. The lowest BCUT2D eigenvalue weighted by molar-refractivity contribution is -0.116. The third-order valence-electron chi connectivity index (χ3n) is 3.31. The minimum atomic E-state index is -0.412. The number of nitrogens with one attached hydrogen (secondary N) is 1. The molecule has 0 saturated carbocycles. The molecule has 0 saturated heterocycles. The Morgan fingerprint density at radius 3 is 2.54 bits per heavy atom. The van der Waals surface area contributed by atoms with E-state index in [1.165, 1.54) is 23.0 Å². The normalized spacial score (nSPS) is 10.8. The zero-order chi connectivity index (χ0) is 17.3. The molecule has 0 aliphatic heterocycles. The SMILES string of the molecule is O=C(Cn1cnc2ccc(Cl)cc2c1=O)Nc1ccc(Cl)cc1Cl. The van der Waals surface area contributed by atoms with Gasteiger partial charge in [-0.15, -0.1) is 0 Å². The van der Waals surface area contributed by atoms with Gasteiger partial charge in [-0.2, -0.15) is 0 Å². The molecule has 122 valence electrons. The third kappa shape index (κ3) is 3.53. The maximum absolute atomic E-state index is 12.4. The lowest BCUT2D eigenvalue weighted by Gasteiger charge is -2.09. The van der Waals surface area contributed by atoms with E-state index in [1.54, 1.807) is 24.3 Å². The molecule has 1 heterocycles. The van der Waals surface area contributed by atoms with Crippen molar-refractivity contribution < 1.29 is 4.79 Å². The number of nitrogens with zero attached hydrogens (tertiary/aromatic N) is 2. The summed E-state index contributed by atoms with van der Waals surface area (Å²) in [7, 11) is 0. The zero-order valence-corrected chi connectivity index (χ0v) is 14.4. The van der Waals surface area contributed by atoms with Gasteiger partial charge < -0.3 is 5.32 Å². The van der Waals surface area contributed by atoms with Crippen LogP contribution in [0.2, 0.25) is 15.1 Å². The van der Waals surface area contributed by atoms with Crippen LogP contribution in [-0.4, -0.2) is 15.5 Å². The average molecular weight is 383 g/mol. The second-order valence-corrected chi connectivity index (χ2v) is 6.29. The molecule has 0 bridgehead atoms. The van der Waals surface area contributed by atoms with Crippen LogP contribution in [0.1, 0.15) is 0 Å². The summed E-state index contributed by atoms with van der Waals surface area (Å²) in [4.78, 5) is 28.7. The molecular weight excluding hydrogens is 373 g/mol. The summed E-state index contributed by atoms with van der Waals surface area (Å²) in [6.45, 7) is -0.201. The smallest absolute Gasteiger partial charge is 0.261 e. The Morgan fingerprint density at radius 2 is 1.79 bits per heavy atom. The van der Waals surface area contributed by atoms with Crippen molar-refractivity contribution >= 4 is 57.3 Å². The van der Waals surface area contributed by atoms with Crippen LogP contribution in [0.3, 0.4) is 0 Å². The number of carbonyl (C=O) groups is 1. The first kappa shape index (κ1) is 16.8. The van der Waals surface area contributed by atoms with Crippen molar-refractivity contribution in [1.82, 2.24) is 9.55 Å². The molecule has 2 aromatic carbocycles. The standard InChI is InChI=1S/C16H10Cl3N3O2/c17-9-1-3-13-11(5-9)16(24)22(8-20-13)7-15(23)21-14-4-2-10(18)6-12(14)19/h1-6,8H,7H2,(H,21,23). The van der Waals surface area contributed by atoms with Crippen LogP contribution in [0.25, 0.3) is 10.9 Å². The maximum Gasteiger partial charge on any atom is 0.261 e.